The number of carbonyl (C=O) groups is 2. The highest BCUT2D eigenvalue weighted by molar-refractivity contribution is 5.93. The molecule has 1 atom stereocenters. The minimum absolute atomic E-state index is 0.0177. The van der Waals surface area contributed by atoms with Crippen LogP contribution in [0.15, 0.2) is 0 Å². The molecule has 4 rings (SSSR count). The third-order valence-electron chi connectivity index (χ3n) is 6.08. The summed E-state index contributed by atoms with van der Waals surface area (Å²) in [6.07, 6.45) is 7.02. The quantitative estimate of drug-likeness (QED) is 0.767. The second kappa shape index (κ2) is 4.22. The molecule has 0 saturated heterocycles. The monoisotopic (exact) mass is 266 g/mol. The molecule has 0 heterocycles. The molecule has 4 fully saturated rings. The summed E-state index contributed by atoms with van der Waals surface area (Å²) >= 11 is 0. The Morgan fingerprint density at radius 1 is 0.947 bits per heavy atom. The van der Waals surface area contributed by atoms with E-state index in [-0.39, 0.29) is 11.3 Å². The zero-order valence-electron chi connectivity index (χ0n) is 11.3. The van der Waals surface area contributed by atoms with Gasteiger partial charge in [0.15, 0.2) is 5.92 Å². The van der Waals surface area contributed by atoms with E-state index in [1.807, 2.05) is 6.92 Å². The zero-order chi connectivity index (χ0) is 13.8. The first kappa shape index (κ1) is 12.9. The highest BCUT2D eigenvalue weighted by Gasteiger charge is 2.56. The molecular formula is C15H22O4. The second-order valence-corrected chi connectivity index (χ2v) is 7.22. The third-order valence-corrected chi connectivity index (χ3v) is 6.08. The van der Waals surface area contributed by atoms with Gasteiger partial charge in [-0.1, -0.05) is 6.92 Å². The molecule has 0 aromatic carbocycles. The Bertz CT molecular complexity index is 365. The predicted octanol–water partition coefficient (Wildman–Crippen LogP) is 2.62. The van der Waals surface area contributed by atoms with Gasteiger partial charge in [-0.2, -0.15) is 0 Å². The molecule has 0 aliphatic heterocycles. The van der Waals surface area contributed by atoms with Crippen molar-refractivity contribution in [2.24, 2.45) is 35.0 Å². The number of carboxylic acids is 2. The van der Waals surface area contributed by atoms with E-state index in [1.165, 1.54) is 19.3 Å². The maximum absolute atomic E-state index is 11.3. The van der Waals surface area contributed by atoms with Gasteiger partial charge < -0.3 is 10.2 Å². The lowest BCUT2D eigenvalue weighted by Crippen LogP contribution is -2.52. The summed E-state index contributed by atoms with van der Waals surface area (Å²) in [4.78, 5) is 22.6. The summed E-state index contributed by atoms with van der Waals surface area (Å²) in [5.41, 5.74) is -0.0177. The van der Waals surface area contributed by atoms with Crippen LogP contribution in [0.2, 0.25) is 0 Å². The summed E-state index contributed by atoms with van der Waals surface area (Å²) in [6.45, 7) is 1.86. The van der Waals surface area contributed by atoms with E-state index in [9.17, 15) is 19.8 Å². The Morgan fingerprint density at radius 2 is 1.32 bits per heavy atom. The van der Waals surface area contributed by atoms with Gasteiger partial charge in [-0.3, -0.25) is 9.59 Å². The van der Waals surface area contributed by atoms with E-state index in [1.54, 1.807) is 0 Å². The van der Waals surface area contributed by atoms with Crippen LogP contribution in [0, 0.1) is 35.0 Å². The van der Waals surface area contributed by atoms with Crippen LogP contribution in [0.25, 0.3) is 0 Å². The van der Waals surface area contributed by atoms with Gasteiger partial charge in [0.2, 0.25) is 0 Å². The first-order valence-corrected chi connectivity index (χ1v) is 7.37. The first-order chi connectivity index (χ1) is 8.91. The van der Waals surface area contributed by atoms with Gasteiger partial charge in [-0.05, 0) is 67.6 Å². The molecule has 4 nitrogen and oxygen atoms in total. The van der Waals surface area contributed by atoms with Crippen molar-refractivity contribution in [3.8, 4) is 0 Å². The van der Waals surface area contributed by atoms with Crippen LogP contribution in [0.3, 0.4) is 0 Å². The molecule has 4 heteroatoms. The third kappa shape index (κ3) is 1.96. The van der Waals surface area contributed by atoms with Gasteiger partial charge in [-0.15, -0.1) is 0 Å². The van der Waals surface area contributed by atoms with Crippen LogP contribution < -0.4 is 0 Å². The average molecular weight is 266 g/mol. The fourth-order valence-corrected chi connectivity index (χ4v) is 5.62. The Kier molecular flexibility index (Phi) is 2.88. The normalized spacial score (nSPS) is 41.5. The van der Waals surface area contributed by atoms with Gasteiger partial charge in [0.05, 0.1) is 0 Å². The molecule has 0 radical (unpaired) electrons. The van der Waals surface area contributed by atoms with E-state index < -0.39 is 17.9 Å². The maximum Gasteiger partial charge on any atom is 0.318 e. The summed E-state index contributed by atoms with van der Waals surface area (Å²) in [7, 11) is 0. The zero-order valence-corrected chi connectivity index (χ0v) is 11.3. The van der Waals surface area contributed by atoms with Crippen molar-refractivity contribution < 1.29 is 19.8 Å². The Balaban J connectivity index is 1.88. The largest absolute Gasteiger partial charge is 0.481 e. The van der Waals surface area contributed by atoms with E-state index in [0.29, 0.717) is 0 Å². The lowest BCUT2D eigenvalue weighted by Gasteiger charge is -2.59. The van der Waals surface area contributed by atoms with Crippen LogP contribution >= 0.6 is 0 Å². The Morgan fingerprint density at radius 3 is 1.63 bits per heavy atom. The number of aliphatic carboxylic acids is 2. The van der Waals surface area contributed by atoms with Crippen LogP contribution in [-0.4, -0.2) is 22.2 Å². The van der Waals surface area contributed by atoms with E-state index in [0.717, 1.165) is 37.0 Å². The molecule has 0 aromatic rings. The molecule has 19 heavy (non-hydrogen) atoms. The highest BCUT2D eigenvalue weighted by atomic mass is 16.4. The Labute approximate surface area is 113 Å². The lowest BCUT2D eigenvalue weighted by atomic mass is 9.45. The molecule has 0 aromatic heterocycles. The van der Waals surface area contributed by atoms with Crippen molar-refractivity contribution in [3.05, 3.63) is 0 Å². The van der Waals surface area contributed by atoms with Gasteiger partial charge >= 0.3 is 11.9 Å². The van der Waals surface area contributed by atoms with Crippen LogP contribution in [0.4, 0.5) is 0 Å². The standard InChI is InChI=1S/C15H22O4/c1-8(12(13(16)17)14(18)19)15-5-9-2-10(6-15)4-11(3-9)7-15/h8-12H,2-7H2,1H3,(H,16,17)(H,18,19). The van der Waals surface area contributed by atoms with Gasteiger partial charge in [0, 0.05) is 0 Å². The van der Waals surface area contributed by atoms with Crippen LogP contribution in [0.1, 0.15) is 45.4 Å². The summed E-state index contributed by atoms with van der Waals surface area (Å²) in [6, 6.07) is 0. The Hall–Kier alpha value is -1.06. The predicted molar refractivity (Wildman–Crippen MR) is 68.5 cm³/mol. The topological polar surface area (TPSA) is 74.6 Å². The molecule has 4 aliphatic rings. The van der Waals surface area contributed by atoms with E-state index >= 15 is 0 Å². The summed E-state index contributed by atoms with van der Waals surface area (Å²) in [5.74, 6) is -1.68. The van der Waals surface area contributed by atoms with Crippen molar-refractivity contribution in [1.82, 2.24) is 0 Å². The summed E-state index contributed by atoms with van der Waals surface area (Å²) < 4.78 is 0. The average Bonchev–Trinajstić information content (AvgIpc) is 2.25. The smallest absolute Gasteiger partial charge is 0.318 e. The maximum atomic E-state index is 11.3. The highest BCUT2D eigenvalue weighted by Crippen LogP contribution is 2.63. The van der Waals surface area contributed by atoms with Crippen molar-refractivity contribution in [1.29, 1.82) is 0 Å². The molecule has 0 amide bonds. The first-order valence-electron chi connectivity index (χ1n) is 7.37. The molecular weight excluding hydrogens is 244 g/mol. The van der Waals surface area contributed by atoms with Gasteiger partial charge in [-0.25, -0.2) is 0 Å². The molecule has 0 spiro atoms. The number of carboxylic acid groups (broad SMARTS) is 2. The van der Waals surface area contributed by atoms with Gasteiger partial charge in [0.1, 0.15) is 0 Å². The molecule has 4 bridgehead atoms. The number of hydrogen-bond acceptors (Lipinski definition) is 2. The molecule has 4 saturated carbocycles. The van der Waals surface area contributed by atoms with Crippen molar-refractivity contribution in [2.45, 2.75) is 45.4 Å². The minimum Gasteiger partial charge on any atom is -0.481 e. The molecule has 4 aliphatic carbocycles. The van der Waals surface area contributed by atoms with Gasteiger partial charge in [0.25, 0.3) is 0 Å². The summed E-state index contributed by atoms with van der Waals surface area (Å²) in [5, 5.41) is 18.5. The molecule has 2 N–H and O–H groups in total. The lowest BCUT2D eigenvalue weighted by molar-refractivity contribution is -0.166. The SMILES string of the molecule is CC(C(C(=O)O)C(=O)O)C12CC3CC(CC(C3)C1)C2. The van der Waals surface area contributed by atoms with Crippen molar-refractivity contribution in [2.75, 3.05) is 0 Å². The van der Waals surface area contributed by atoms with E-state index in [2.05, 4.69) is 0 Å². The van der Waals surface area contributed by atoms with Crippen molar-refractivity contribution >= 4 is 11.9 Å². The number of rotatable bonds is 4. The van der Waals surface area contributed by atoms with Crippen LogP contribution in [-0.2, 0) is 9.59 Å². The van der Waals surface area contributed by atoms with E-state index in [4.69, 9.17) is 0 Å². The second-order valence-electron chi connectivity index (χ2n) is 7.22. The molecule has 106 valence electrons. The number of hydrogen-bond donors (Lipinski definition) is 2. The fraction of sp³-hybridized carbons (Fsp3) is 0.867. The minimum atomic E-state index is -1.24. The molecule has 1 unspecified atom stereocenters. The fourth-order valence-electron chi connectivity index (χ4n) is 5.62. The van der Waals surface area contributed by atoms with Crippen molar-refractivity contribution in [3.63, 3.8) is 0 Å². The van der Waals surface area contributed by atoms with Crippen LogP contribution in [0.5, 0.6) is 0 Å².